The largest absolute Gasteiger partial charge is 0.497 e. The first-order chi connectivity index (χ1) is 13.0. The van der Waals surface area contributed by atoms with Gasteiger partial charge in [-0.05, 0) is 36.5 Å². The molecule has 1 aliphatic heterocycles. The topological polar surface area (TPSA) is 76.5 Å². The van der Waals surface area contributed by atoms with Gasteiger partial charge in [-0.25, -0.2) is 0 Å². The lowest BCUT2D eigenvalue weighted by atomic mass is 9.94. The van der Waals surface area contributed by atoms with Crippen LogP contribution in [0.3, 0.4) is 0 Å². The normalized spacial score (nSPS) is 15.7. The van der Waals surface area contributed by atoms with Gasteiger partial charge in [0.15, 0.2) is 0 Å². The number of methoxy groups -OCH3 is 1. The van der Waals surface area contributed by atoms with E-state index in [1.54, 1.807) is 25.3 Å². The summed E-state index contributed by atoms with van der Waals surface area (Å²) in [6.07, 6.45) is 3.37. The maximum absolute atomic E-state index is 13.0. The van der Waals surface area contributed by atoms with Gasteiger partial charge in [0.1, 0.15) is 5.75 Å². The van der Waals surface area contributed by atoms with E-state index in [0.717, 1.165) is 36.4 Å². The molecular formula is C20H26N4O3. The van der Waals surface area contributed by atoms with Gasteiger partial charge in [0.2, 0.25) is 5.91 Å². The molecule has 27 heavy (non-hydrogen) atoms. The highest BCUT2D eigenvalue weighted by molar-refractivity contribution is 5.95. The Kier molecular flexibility index (Phi) is 5.78. The second-order valence-corrected chi connectivity index (χ2v) is 7.03. The van der Waals surface area contributed by atoms with Crippen molar-refractivity contribution in [3.05, 3.63) is 47.3 Å². The first-order valence-electron chi connectivity index (χ1n) is 9.15. The monoisotopic (exact) mass is 370 g/mol. The maximum atomic E-state index is 13.0. The number of hydrogen-bond donors (Lipinski definition) is 1. The van der Waals surface area contributed by atoms with Crippen LogP contribution in [0.25, 0.3) is 0 Å². The number of nitrogens with zero attached hydrogens (tertiary/aromatic N) is 3. The van der Waals surface area contributed by atoms with Crippen LogP contribution in [0.1, 0.15) is 35.0 Å². The number of fused-ring (bicyclic) bond motifs is 1. The van der Waals surface area contributed by atoms with E-state index in [4.69, 9.17) is 4.74 Å². The van der Waals surface area contributed by atoms with Crippen molar-refractivity contribution in [1.29, 1.82) is 0 Å². The number of aromatic nitrogens is 2. The molecule has 1 aromatic carbocycles. The summed E-state index contributed by atoms with van der Waals surface area (Å²) in [6, 6.07) is 7.70. The molecule has 0 aliphatic carbocycles. The average molecular weight is 370 g/mol. The Hall–Kier alpha value is -2.83. The van der Waals surface area contributed by atoms with Crippen LogP contribution in [-0.2, 0) is 24.3 Å². The lowest BCUT2D eigenvalue weighted by molar-refractivity contribution is -0.119. The molecule has 0 spiro atoms. The number of carbonyl (C=O) groups excluding carboxylic acids is 2. The van der Waals surface area contributed by atoms with E-state index >= 15 is 0 Å². The van der Waals surface area contributed by atoms with Crippen LogP contribution in [-0.4, -0.2) is 47.2 Å². The van der Waals surface area contributed by atoms with E-state index in [2.05, 4.69) is 10.4 Å². The zero-order valence-corrected chi connectivity index (χ0v) is 16.1. The van der Waals surface area contributed by atoms with Crippen molar-refractivity contribution in [3.63, 3.8) is 0 Å². The fourth-order valence-corrected chi connectivity index (χ4v) is 3.42. The Labute approximate surface area is 159 Å². The molecule has 0 unspecified atom stereocenters. The third-order valence-corrected chi connectivity index (χ3v) is 4.98. The Morgan fingerprint density at radius 2 is 2.07 bits per heavy atom. The predicted octanol–water partition coefficient (Wildman–Crippen LogP) is 1.86. The molecule has 144 valence electrons. The minimum absolute atomic E-state index is 0.0235. The van der Waals surface area contributed by atoms with Crippen molar-refractivity contribution >= 4 is 11.8 Å². The number of hydrogen-bond acceptors (Lipinski definition) is 4. The van der Waals surface area contributed by atoms with E-state index in [9.17, 15) is 9.59 Å². The van der Waals surface area contributed by atoms with Crippen LogP contribution < -0.4 is 10.1 Å². The summed E-state index contributed by atoms with van der Waals surface area (Å²) in [5.41, 5.74) is 2.65. The van der Waals surface area contributed by atoms with E-state index < -0.39 is 0 Å². The van der Waals surface area contributed by atoms with E-state index in [-0.39, 0.29) is 11.8 Å². The number of rotatable bonds is 6. The molecule has 2 amide bonds. The van der Waals surface area contributed by atoms with E-state index in [1.807, 2.05) is 28.9 Å². The molecule has 0 fully saturated rings. The third-order valence-electron chi connectivity index (χ3n) is 4.98. The number of ether oxygens (including phenoxy) is 1. The molecule has 1 atom stereocenters. The Balaban J connectivity index is 1.68. The third kappa shape index (κ3) is 4.48. The smallest absolute Gasteiger partial charge is 0.257 e. The van der Waals surface area contributed by atoms with Crippen molar-refractivity contribution in [2.45, 2.75) is 32.9 Å². The molecule has 1 N–H and O–H groups in total. The quantitative estimate of drug-likeness (QED) is 0.842. The minimum atomic E-state index is -0.0350. The summed E-state index contributed by atoms with van der Waals surface area (Å²) >= 11 is 0. The van der Waals surface area contributed by atoms with Gasteiger partial charge in [0, 0.05) is 33.6 Å². The first kappa shape index (κ1) is 18.9. The fraction of sp³-hybridized carbons (Fsp3) is 0.450. The number of amides is 2. The van der Waals surface area contributed by atoms with Gasteiger partial charge >= 0.3 is 0 Å². The predicted molar refractivity (Wildman–Crippen MR) is 102 cm³/mol. The molecule has 2 aromatic rings. The maximum Gasteiger partial charge on any atom is 0.257 e. The Morgan fingerprint density at radius 1 is 1.33 bits per heavy atom. The summed E-state index contributed by atoms with van der Waals surface area (Å²) in [6.45, 7) is 3.45. The van der Waals surface area contributed by atoms with Gasteiger partial charge in [-0.3, -0.25) is 14.3 Å². The molecule has 2 heterocycles. The molecule has 3 rings (SSSR count). The van der Waals surface area contributed by atoms with Gasteiger partial charge in [0.05, 0.1) is 24.6 Å². The van der Waals surface area contributed by atoms with Gasteiger partial charge in [0.25, 0.3) is 5.91 Å². The number of carbonyl (C=O) groups is 2. The lowest BCUT2D eigenvalue weighted by Crippen LogP contribution is -2.33. The molecule has 7 heteroatoms. The standard InChI is InChI=1S/C20H26N4O3/c1-14(25)21-11-16-8-9-24-19(10-16)18(12-22-24)20(26)23(2)13-15-4-6-17(27-3)7-5-15/h4-7,12,16H,8-11,13H2,1-3H3,(H,21,25)/t16-/m0/s1. The SMILES string of the molecule is COc1ccc(CN(C)C(=O)c2cnn3c2C[C@@H](CNC(C)=O)CC3)cc1. The molecule has 0 bridgehead atoms. The van der Waals surface area contributed by atoms with Crippen LogP contribution in [0, 0.1) is 5.92 Å². The van der Waals surface area contributed by atoms with E-state index in [0.29, 0.717) is 24.6 Å². The molecular weight excluding hydrogens is 344 g/mol. The summed E-state index contributed by atoms with van der Waals surface area (Å²) in [7, 11) is 3.43. The highest BCUT2D eigenvalue weighted by Gasteiger charge is 2.26. The van der Waals surface area contributed by atoms with Gasteiger partial charge in [-0.1, -0.05) is 12.1 Å². The Morgan fingerprint density at radius 3 is 2.74 bits per heavy atom. The van der Waals surface area contributed by atoms with Gasteiger partial charge in [-0.2, -0.15) is 5.10 Å². The highest BCUT2D eigenvalue weighted by atomic mass is 16.5. The molecule has 7 nitrogen and oxygen atoms in total. The molecule has 0 radical (unpaired) electrons. The van der Waals surface area contributed by atoms with Crippen molar-refractivity contribution < 1.29 is 14.3 Å². The van der Waals surface area contributed by atoms with Crippen molar-refractivity contribution in [2.75, 3.05) is 20.7 Å². The molecule has 0 saturated carbocycles. The van der Waals surface area contributed by atoms with Crippen LogP contribution in [0.4, 0.5) is 0 Å². The summed E-state index contributed by atoms with van der Waals surface area (Å²) in [4.78, 5) is 25.8. The van der Waals surface area contributed by atoms with Crippen molar-refractivity contribution in [2.24, 2.45) is 5.92 Å². The molecule has 1 aromatic heterocycles. The second-order valence-electron chi connectivity index (χ2n) is 7.03. The average Bonchev–Trinajstić information content (AvgIpc) is 3.09. The summed E-state index contributed by atoms with van der Waals surface area (Å²) in [5, 5.41) is 7.26. The van der Waals surface area contributed by atoms with Crippen LogP contribution in [0.2, 0.25) is 0 Å². The first-order valence-corrected chi connectivity index (χ1v) is 9.15. The van der Waals surface area contributed by atoms with Crippen molar-refractivity contribution in [3.8, 4) is 5.75 Å². The van der Waals surface area contributed by atoms with Crippen LogP contribution in [0.5, 0.6) is 5.75 Å². The highest BCUT2D eigenvalue weighted by Crippen LogP contribution is 2.24. The van der Waals surface area contributed by atoms with Gasteiger partial charge < -0.3 is 15.0 Å². The number of aryl methyl sites for hydroxylation is 1. The zero-order valence-electron chi connectivity index (χ0n) is 16.1. The molecule has 1 aliphatic rings. The minimum Gasteiger partial charge on any atom is -0.497 e. The molecule has 0 saturated heterocycles. The van der Waals surface area contributed by atoms with Crippen LogP contribution in [0.15, 0.2) is 30.5 Å². The number of nitrogens with one attached hydrogen (secondary N) is 1. The van der Waals surface area contributed by atoms with Gasteiger partial charge in [-0.15, -0.1) is 0 Å². The van der Waals surface area contributed by atoms with Crippen molar-refractivity contribution in [1.82, 2.24) is 20.0 Å². The number of benzene rings is 1. The second kappa shape index (κ2) is 8.24. The summed E-state index contributed by atoms with van der Waals surface area (Å²) < 4.78 is 7.09. The Bertz CT molecular complexity index is 813. The summed E-state index contributed by atoms with van der Waals surface area (Å²) in [5.74, 6) is 1.07. The zero-order chi connectivity index (χ0) is 19.4. The van der Waals surface area contributed by atoms with Crippen LogP contribution >= 0.6 is 0 Å². The lowest BCUT2D eigenvalue weighted by Gasteiger charge is -2.25. The van der Waals surface area contributed by atoms with E-state index in [1.165, 1.54) is 6.92 Å². The fourth-order valence-electron chi connectivity index (χ4n) is 3.42.